The van der Waals surface area contributed by atoms with Gasteiger partial charge in [0, 0.05) is 24.0 Å². The SMILES string of the molecule is CSc1ccccc1C(=O)NCCNC1CCCCCC1. The molecule has 0 atom stereocenters. The first-order chi connectivity index (χ1) is 10.3. The predicted octanol–water partition coefficient (Wildman–Crippen LogP) is 3.45. The minimum atomic E-state index is 0.0302. The number of rotatable bonds is 6. The lowest BCUT2D eigenvalue weighted by molar-refractivity contribution is 0.0950. The van der Waals surface area contributed by atoms with E-state index >= 15 is 0 Å². The first kappa shape index (κ1) is 16.4. The molecule has 1 fully saturated rings. The van der Waals surface area contributed by atoms with Gasteiger partial charge >= 0.3 is 0 Å². The van der Waals surface area contributed by atoms with E-state index in [0.29, 0.717) is 12.6 Å². The molecule has 1 aliphatic carbocycles. The molecule has 1 aromatic carbocycles. The van der Waals surface area contributed by atoms with Crippen molar-refractivity contribution < 1.29 is 4.79 Å². The Morgan fingerprint density at radius 2 is 1.86 bits per heavy atom. The van der Waals surface area contributed by atoms with Crippen molar-refractivity contribution in [3.05, 3.63) is 29.8 Å². The molecule has 2 N–H and O–H groups in total. The molecular weight excluding hydrogens is 280 g/mol. The van der Waals surface area contributed by atoms with Gasteiger partial charge in [0.2, 0.25) is 0 Å². The fraction of sp³-hybridized carbons (Fsp3) is 0.588. The Bertz CT molecular complexity index is 442. The Hall–Kier alpha value is -1.00. The zero-order chi connectivity index (χ0) is 14.9. The Morgan fingerprint density at radius 3 is 2.57 bits per heavy atom. The molecule has 21 heavy (non-hydrogen) atoms. The van der Waals surface area contributed by atoms with Crippen molar-refractivity contribution in [1.29, 1.82) is 0 Å². The van der Waals surface area contributed by atoms with Crippen molar-refractivity contribution in [2.45, 2.75) is 49.5 Å². The van der Waals surface area contributed by atoms with Gasteiger partial charge < -0.3 is 10.6 Å². The van der Waals surface area contributed by atoms with Gasteiger partial charge in [-0.2, -0.15) is 0 Å². The summed E-state index contributed by atoms with van der Waals surface area (Å²) >= 11 is 1.61. The Labute approximate surface area is 132 Å². The minimum Gasteiger partial charge on any atom is -0.351 e. The number of amides is 1. The molecule has 2 rings (SSSR count). The van der Waals surface area contributed by atoms with E-state index in [1.54, 1.807) is 11.8 Å². The van der Waals surface area contributed by atoms with E-state index in [1.807, 2.05) is 30.5 Å². The fourth-order valence-electron chi connectivity index (χ4n) is 2.86. The Balaban J connectivity index is 1.71. The molecule has 1 aromatic rings. The standard InChI is InChI=1S/C17H26N2OS/c1-21-16-11-7-6-10-15(16)17(20)19-13-12-18-14-8-4-2-3-5-9-14/h6-7,10-11,14,18H,2-5,8-9,12-13H2,1H3,(H,19,20). The van der Waals surface area contributed by atoms with Crippen LogP contribution in [0.25, 0.3) is 0 Å². The van der Waals surface area contributed by atoms with E-state index in [0.717, 1.165) is 17.0 Å². The van der Waals surface area contributed by atoms with E-state index in [9.17, 15) is 4.79 Å². The maximum Gasteiger partial charge on any atom is 0.252 e. The van der Waals surface area contributed by atoms with Crippen LogP contribution in [0, 0.1) is 0 Å². The number of thioether (sulfide) groups is 1. The van der Waals surface area contributed by atoms with Gasteiger partial charge in [0.25, 0.3) is 5.91 Å². The first-order valence-corrected chi connectivity index (χ1v) is 9.18. The van der Waals surface area contributed by atoms with Crippen LogP contribution in [0.2, 0.25) is 0 Å². The number of carbonyl (C=O) groups excluding carboxylic acids is 1. The molecule has 3 nitrogen and oxygen atoms in total. The largest absolute Gasteiger partial charge is 0.351 e. The maximum absolute atomic E-state index is 12.2. The zero-order valence-corrected chi connectivity index (χ0v) is 13.7. The second-order valence-corrected chi connectivity index (χ2v) is 6.45. The van der Waals surface area contributed by atoms with Crippen molar-refractivity contribution >= 4 is 17.7 Å². The van der Waals surface area contributed by atoms with Gasteiger partial charge in [-0.1, -0.05) is 37.8 Å². The molecular formula is C17H26N2OS. The van der Waals surface area contributed by atoms with Crippen molar-refractivity contribution in [3.63, 3.8) is 0 Å². The molecule has 0 radical (unpaired) electrons. The normalized spacial score (nSPS) is 16.4. The number of hydrogen-bond donors (Lipinski definition) is 2. The highest BCUT2D eigenvalue weighted by atomic mass is 32.2. The summed E-state index contributed by atoms with van der Waals surface area (Å²) in [6.07, 6.45) is 9.99. The van der Waals surface area contributed by atoms with Gasteiger partial charge in [-0.25, -0.2) is 0 Å². The van der Waals surface area contributed by atoms with Gasteiger partial charge in [0.05, 0.1) is 5.56 Å². The highest BCUT2D eigenvalue weighted by Gasteiger charge is 2.12. The van der Waals surface area contributed by atoms with Crippen LogP contribution >= 0.6 is 11.8 Å². The molecule has 1 amide bonds. The second-order valence-electron chi connectivity index (χ2n) is 5.60. The average molecular weight is 306 g/mol. The summed E-state index contributed by atoms with van der Waals surface area (Å²) in [4.78, 5) is 13.2. The lowest BCUT2D eigenvalue weighted by Gasteiger charge is -2.16. The summed E-state index contributed by atoms with van der Waals surface area (Å²) in [5.41, 5.74) is 0.777. The molecule has 0 spiro atoms. The van der Waals surface area contributed by atoms with E-state index in [2.05, 4.69) is 10.6 Å². The number of benzene rings is 1. The molecule has 0 bridgehead atoms. The van der Waals surface area contributed by atoms with E-state index < -0.39 is 0 Å². The Morgan fingerprint density at radius 1 is 1.14 bits per heavy atom. The number of nitrogens with one attached hydrogen (secondary N) is 2. The maximum atomic E-state index is 12.2. The van der Waals surface area contributed by atoms with Crippen LogP contribution in [0.5, 0.6) is 0 Å². The van der Waals surface area contributed by atoms with Gasteiger partial charge in [-0.05, 0) is 31.2 Å². The van der Waals surface area contributed by atoms with Crippen molar-refractivity contribution in [2.75, 3.05) is 19.3 Å². The fourth-order valence-corrected chi connectivity index (χ4v) is 3.46. The molecule has 4 heteroatoms. The average Bonchev–Trinajstić information content (AvgIpc) is 2.80. The molecule has 0 saturated heterocycles. The topological polar surface area (TPSA) is 41.1 Å². The molecule has 0 aromatic heterocycles. The van der Waals surface area contributed by atoms with Crippen LogP contribution in [0.3, 0.4) is 0 Å². The molecule has 0 aliphatic heterocycles. The van der Waals surface area contributed by atoms with Gasteiger partial charge in [0.1, 0.15) is 0 Å². The summed E-state index contributed by atoms with van der Waals surface area (Å²) in [5, 5.41) is 6.59. The first-order valence-electron chi connectivity index (χ1n) is 7.96. The number of carbonyl (C=O) groups is 1. The second kappa shape index (κ2) is 9.11. The molecule has 116 valence electrons. The predicted molar refractivity (Wildman–Crippen MR) is 90.0 cm³/mol. The van der Waals surface area contributed by atoms with Gasteiger partial charge in [-0.15, -0.1) is 11.8 Å². The highest BCUT2D eigenvalue weighted by Crippen LogP contribution is 2.19. The van der Waals surface area contributed by atoms with Crippen LogP contribution in [-0.4, -0.2) is 31.3 Å². The summed E-state index contributed by atoms with van der Waals surface area (Å²) in [7, 11) is 0. The lowest BCUT2D eigenvalue weighted by atomic mass is 10.1. The van der Waals surface area contributed by atoms with Crippen LogP contribution in [0.15, 0.2) is 29.2 Å². The van der Waals surface area contributed by atoms with Gasteiger partial charge in [-0.3, -0.25) is 4.79 Å². The summed E-state index contributed by atoms with van der Waals surface area (Å²) < 4.78 is 0. The zero-order valence-electron chi connectivity index (χ0n) is 12.9. The van der Waals surface area contributed by atoms with E-state index in [1.165, 1.54) is 38.5 Å². The molecule has 0 unspecified atom stereocenters. The monoisotopic (exact) mass is 306 g/mol. The Kier molecular flexibility index (Phi) is 7.10. The van der Waals surface area contributed by atoms with Crippen molar-refractivity contribution in [3.8, 4) is 0 Å². The van der Waals surface area contributed by atoms with E-state index in [4.69, 9.17) is 0 Å². The summed E-state index contributed by atoms with van der Waals surface area (Å²) in [6, 6.07) is 8.40. The van der Waals surface area contributed by atoms with E-state index in [-0.39, 0.29) is 5.91 Å². The minimum absolute atomic E-state index is 0.0302. The van der Waals surface area contributed by atoms with Gasteiger partial charge in [0.15, 0.2) is 0 Å². The third-order valence-corrected chi connectivity index (χ3v) is 4.85. The lowest BCUT2D eigenvalue weighted by Crippen LogP contribution is -2.37. The van der Waals surface area contributed by atoms with Crippen LogP contribution in [-0.2, 0) is 0 Å². The summed E-state index contributed by atoms with van der Waals surface area (Å²) in [5.74, 6) is 0.0302. The van der Waals surface area contributed by atoms with Crippen LogP contribution in [0.1, 0.15) is 48.9 Å². The molecule has 0 heterocycles. The smallest absolute Gasteiger partial charge is 0.252 e. The third-order valence-electron chi connectivity index (χ3n) is 4.05. The summed E-state index contributed by atoms with van der Waals surface area (Å²) in [6.45, 7) is 1.55. The number of hydrogen-bond acceptors (Lipinski definition) is 3. The van der Waals surface area contributed by atoms with Crippen molar-refractivity contribution in [2.24, 2.45) is 0 Å². The third kappa shape index (κ3) is 5.36. The van der Waals surface area contributed by atoms with Crippen LogP contribution < -0.4 is 10.6 Å². The van der Waals surface area contributed by atoms with Crippen LogP contribution in [0.4, 0.5) is 0 Å². The highest BCUT2D eigenvalue weighted by molar-refractivity contribution is 7.98. The van der Waals surface area contributed by atoms with Crippen molar-refractivity contribution in [1.82, 2.24) is 10.6 Å². The quantitative estimate of drug-likeness (QED) is 0.480. The molecule has 1 saturated carbocycles. The molecule has 1 aliphatic rings.